The zero-order valence-electron chi connectivity index (χ0n) is 14.4. The Morgan fingerprint density at radius 2 is 1.75 bits per heavy atom. The number of hydrogen-bond acceptors (Lipinski definition) is 4. The van der Waals surface area contributed by atoms with E-state index in [1.54, 1.807) is 52.0 Å². The number of rotatable bonds is 6. The molecule has 0 bridgehead atoms. The van der Waals surface area contributed by atoms with Crippen LogP contribution in [0.4, 0.5) is 13.2 Å². The van der Waals surface area contributed by atoms with Gasteiger partial charge in [-0.1, -0.05) is 18.2 Å². The van der Waals surface area contributed by atoms with Crippen molar-refractivity contribution in [3.05, 3.63) is 29.8 Å². The molecule has 4 nitrogen and oxygen atoms in total. The van der Waals surface area contributed by atoms with Gasteiger partial charge in [0.1, 0.15) is 16.9 Å². The van der Waals surface area contributed by atoms with E-state index in [2.05, 4.69) is 0 Å². The summed E-state index contributed by atoms with van der Waals surface area (Å²) in [5.41, 5.74) is 3.15. The van der Waals surface area contributed by atoms with Crippen LogP contribution >= 0.6 is 0 Å². The molecule has 1 aromatic carbocycles. The summed E-state index contributed by atoms with van der Waals surface area (Å²) in [6.07, 6.45) is -6.42. The van der Waals surface area contributed by atoms with Gasteiger partial charge >= 0.3 is 12.1 Å². The fourth-order valence-electron chi connectivity index (χ4n) is 2.23. The second kappa shape index (κ2) is 7.42. The van der Waals surface area contributed by atoms with Crippen LogP contribution in [0.25, 0.3) is 0 Å². The molecule has 1 rings (SSSR count). The molecular weight excluding hydrogens is 323 g/mol. The first kappa shape index (κ1) is 20.3. The minimum atomic E-state index is -4.60. The lowest BCUT2D eigenvalue weighted by Gasteiger charge is -2.32. The first-order chi connectivity index (χ1) is 10.9. The Morgan fingerprint density at radius 3 is 2.25 bits per heavy atom. The molecule has 0 unspecified atom stereocenters. The molecular formula is C17H24F3NO3. The van der Waals surface area contributed by atoms with Gasteiger partial charge in [-0.2, -0.15) is 13.2 Å². The SMILES string of the molecule is CCOc1ccccc1C[C@](N)(CC(F)(F)F)C(=O)OC(C)(C)C. The van der Waals surface area contributed by atoms with Crippen LogP contribution in [0, 0.1) is 0 Å². The topological polar surface area (TPSA) is 61.5 Å². The molecule has 0 saturated carbocycles. The standard InChI is InChI=1S/C17H24F3NO3/c1-5-23-13-9-7-6-8-12(13)10-16(21,11-17(18,19)20)14(22)24-15(2,3)4/h6-9H,5,10-11,21H2,1-4H3/t16-/m0/s1. The molecule has 0 heterocycles. The summed E-state index contributed by atoms with van der Waals surface area (Å²) in [5, 5.41) is 0. The van der Waals surface area contributed by atoms with Crippen LogP contribution in [0.15, 0.2) is 24.3 Å². The third-order valence-electron chi connectivity index (χ3n) is 3.10. The monoisotopic (exact) mass is 347 g/mol. The average molecular weight is 347 g/mol. The lowest BCUT2D eigenvalue weighted by molar-refractivity contribution is -0.179. The van der Waals surface area contributed by atoms with Gasteiger partial charge in [0.05, 0.1) is 13.0 Å². The zero-order valence-corrected chi connectivity index (χ0v) is 14.4. The van der Waals surface area contributed by atoms with Crippen LogP contribution in [0.2, 0.25) is 0 Å². The highest BCUT2D eigenvalue weighted by Crippen LogP contribution is 2.32. The van der Waals surface area contributed by atoms with Crippen molar-refractivity contribution in [1.82, 2.24) is 0 Å². The number of ether oxygens (including phenoxy) is 2. The molecule has 136 valence electrons. The Kier molecular flexibility index (Phi) is 6.27. The second-order valence-corrected chi connectivity index (χ2v) is 6.67. The van der Waals surface area contributed by atoms with E-state index in [0.717, 1.165) is 0 Å². The molecule has 1 aromatic rings. The number of esters is 1. The summed E-state index contributed by atoms with van der Waals surface area (Å²) in [6.45, 7) is 6.84. The lowest BCUT2D eigenvalue weighted by atomic mass is 9.87. The van der Waals surface area contributed by atoms with Crippen molar-refractivity contribution >= 4 is 5.97 Å². The lowest BCUT2D eigenvalue weighted by Crippen LogP contribution is -2.55. The van der Waals surface area contributed by atoms with Gasteiger partial charge in [0.25, 0.3) is 0 Å². The van der Waals surface area contributed by atoms with Gasteiger partial charge in [-0.25, -0.2) is 0 Å². The van der Waals surface area contributed by atoms with Crippen LogP contribution in [0.3, 0.4) is 0 Å². The highest BCUT2D eigenvalue weighted by Gasteiger charge is 2.47. The van der Waals surface area contributed by atoms with E-state index in [1.807, 2.05) is 0 Å². The molecule has 0 amide bonds. The maximum absolute atomic E-state index is 13.0. The molecule has 2 N–H and O–H groups in total. The molecule has 0 saturated heterocycles. The Bertz CT molecular complexity index is 567. The number of nitrogens with two attached hydrogens (primary N) is 1. The van der Waals surface area contributed by atoms with Crippen LogP contribution in [0.5, 0.6) is 5.75 Å². The summed E-state index contributed by atoms with van der Waals surface area (Å²) < 4.78 is 49.5. The number of carbonyl (C=O) groups is 1. The van der Waals surface area contributed by atoms with Crippen molar-refractivity contribution in [3.63, 3.8) is 0 Å². The molecule has 24 heavy (non-hydrogen) atoms. The van der Waals surface area contributed by atoms with E-state index in [4.69, 9.17) is 15.2 Å². The van der Waals surface area contributed by atoms with Gasteiger partial charge in [-0.3, -0.25) is 4.79 Å². The van der Waals surface area contributed by atoms with Crippen LogP contribution < -0.4 is 10.5 Å². The Hall–Kier alpha value is -1.76. The third-order valence-corrected chi connectivity index (χ3v) is 3.10. The number of carbonyl (C=O) groups excluding carboxylic acids is 1. The Labute approximate surface area is 140 Å². The van der Waals surface area contributed by atoms with Gasteiger partial charge in [0.2, 0.25) is 0 Å². The van der Waals surface area contributed by atoms with Gasteiger partial charge in [-0.05, 0) is 39.3 Å². The van der Waals surface area contributed by atoms with Crippen molar-refractivity contribution in [1.29, 1.82) is 0 Å². The minimum absolute atomic E-state index is 0.336. The molecule has 1 atom stereocenters. The second-order valence-electron chi connectivity index (χ2n) is 6.67. The maximum atomic E-state index is 13.0. The van der Waals surface area contributed by atoms with Gasteiger partial charge in [-0.15, -0.1) is 0 Å². The Balaban J connectivity index is 3.17. The molecule has 0 spiro atoms. The highest BCUT2D eigenvalue weighted by atomic mass is 19.4. The molecule has 0 aliphatic carbocycles. The van der Waals surface area contributed by atoms with Crippen LogP contribution in [0.1, 0.15) is 39.7 Å². The van der Waals surface area contributed by atoms with Crippen molar-refractivity contribution in [2.24, 2.45) is 5.73 Å². The minimum Gasteiger partial charge on any atom is -0.494 e. The summed E-state index contributed by atoms with van der Waals surface area (Å²) in [7, 11) is 0. The van der Waals surface area contributed by atoms with Gasteiger partial charge in [0.15, 0.2) is 0 Å². The molecule has 0 aromatic heterocycles. The van der Waals surface area contributed by atoms with Crippen molar-refractivity contribution in [3.8, 4) is 5.75 Å². The van der Waals surface area contributed by atoms with Crippen molar-refractivity contribution in [2.45, 2.75) is 57.9 Å². The number of hydrogen-bond donors (Lipinski definition) is 1. The largest absolute Gasteiger partial charge is 0.494 e. The number of halogens is 3. The van der Waals surface area contributed by atoms with E-state index in [0.29, 0.717) is 17.9 Å². The van der Waals surface area contributed by atoms with E-state index < -0.39 is 29.7 Å². The Morgan fingerprint density at radius 1 is 1.17 bits per heavy atom. The predicted octanol–water partition coefficient (Wildman–Crippen LogP) is 3.62. The number of benzene rings is 1. The van der Waals surface area contributed by atoms with Gasteiger partial charge < -0.3 is 15.2 Å². The van der Waals surface area contributed by atoms with Crippen molar-refractivity contribution < 1.29 is 27.4 Å². The smallest absolute Gasteiger partial charge is 0.391 e. The predicted molar refractivity (Wildman–Crippen MR) is 84.8 cm³/mol. The van der Waals surface area contributed by atoms with Crippen LogP contribution in [-0.4, -0.2) is 29.9 Å². The fraction of sp³-hybridized carbons (Fsp3) is 0.588. The molecule has 0 aliphatic rings. The van der Waals surface area contributed by atoms with E-state index in [9.17, 15) is 18.0 Å². The molecule has 0 fully saturated rings. The quantitative estimate of drug-likeness (QED) is 0.799. The first-order valence-corrected chi connectivity index (χ1v) is 7.66. The van der Waals surface area contributed by atoms with Gasteiger partial charge in [0, 0.05) is 6.42 Å². The molecule has 0 aliphatic heterocycles. The summed E-state index contributed by atoms with van der Waals surface area (Å²) >= 11 is 0. The fourth-order valence-corrected chi connectivity index (χ4v) is 2.23. The number of alkyl halides is 3. The average Bonchev–Trinajstić information content (AvgIpc) is 2.37. The van der Waals surface area contributed by atoms with E-state index in [-0.39, 0.29) is 6.42 Å². The van der Waals surface area contributed by atoms with E-state index >= 15 is 0 Å². The molecule has 0 radical (unpaired) electrons. The van der Waals surface area contributed by atoms with E-state index in [1.165, 1.54) is 0 Å². The summed E-state index contributed by atoms with van der Waals surface area (Å²) in [4.78, 5) is 12.3. The zero-order chi connectivity index (χ0) is 18.6. The van der Waals surface area contributed by atoms with Crippen LogP contribution in [-0.2, 0) is 16.0 Å². The maximum Gasteiger partial charge on any atom is 0.391 e. The normalized spacial score (nSPS) is 14.8. The molecule has 7 heteroatoms. The summed E-state index contributed by atoms with van der Waals surface area (Å²) in [5.74, 6) is -0.681. The van der Waals surface area contributed by atoms with Crippen molar-refractivity contribution in [2.75, 3.05) is 6.61 Å². The third kappa shape index (κ3) is 6.39. The first-order valence-electron chi connectivity index (χ1n) is 7.66. The highest BCUT2D eigenvalue weighted by molar-refractivity contribution is 5.81. The number of para-hydroxylation sites is 1. The summed E-state index contributed by atoms with van der Waals surface area (Å²) in [6, 6.07) is 6.57.